The number of rotatable bonds is 5. The first kappa shape index (κ1) is 16.7. The van der Waals surface area contributed by atoms with Crippen molar-refractivity contribution in [2.24, 2.45) is 0 Å². The summed E-state index contributed by atoms with van der Waals surface area (Å²) in [5.41, 5.74) is 1.07. The highest BCUT2D eigenvalue weighted by Gasteiger charge is 2.32. The third kappa shape index (κ3) is 3.20. The Labute approximate surface area is 156 Å². The molecule has 1 fully saturated rings. The molecule has 6 nitrogen and oxygen atoms in total. The SMILES string of the molecule is CC(C)(C#N)c1nccnc1NC1CC(Nc2nc3ccccc3s2)C1. The molecule has 7 heteroatoms. The summed E-state index contributed by atoms with van der Waals surface area (Å²) in [6.07, 6.45) is 5.27. The Morgan fingerprint density at radius 1 is 1.12 bits per heavy atom. The molecule has 2 aromatic heterocycles. The molecule has 0 radical (unpaired) electrons. The van der Waals surface area contributed by atoms with Gasteiger partial charge in [0.1, 0.15) is 11.5 Å². The summed E-state index contributed by atoms with van der Waals surface area (Å²) in [6, 6.07) is 11.2. The second kappa shape index (κ2) is 6.54. The molecule has 0 bridgehead atoms. The van der Waals surface area contributed by atoms with Crippen molar-refractivity contribution in [1.82, 2.24) is 15.0 Å². The molecule has 1 aliphatic rings. The van der Waals surface area contributed by atoms with Crippen LogP contribution in [0.5, 0.6) is 0 Å². The summed E-state index contributed by atoms with van der Waals surface area (Å²) >= 11 is 1.69. The van der Waals surface area contributed by atoms with Gasteiger partial charge in [0.05, 0.1) is 21.7 Å². The molecular weight excluding hydrogens is 344 g/mol. The Kier molecular flexibility index (Phi) is 4.21. The molecule has 3 aromatic rings. The van der Waals surface area contributed by atoms with Gasteiger partial charge in [0.2, 0.25) is 0 Å². The minimum atomic E-state index is -0.668. The van der Waals surface area contributed by atoms with Gasteiger partial charge in [-0.2, -0.15) is 5.26 Å². The highest BCUT2D eigenvalue weighted by atomic mass is 32.1. The maximum atomic E-state index is 9.38. The van der Waals surface area contributed by atoms with E-state index in [9.17, 15) is 5.26 Å². The largest absolute Gasteiger partial charge is 0.366 e. The van der Waals surface area contributed by atoms with Crippen LogP contribution in [-0.4, -0.2) is 27.0 Å². The molecular formula is C19H20N6S. The van der Waals surface area contributed by atoms with E-state index < -0.39 is 5.41 Å². The zero-order valence-electron chi connectivity index (χ0n) is 14.7. The predicted octanol–water partition coefficient (Wildman–Crippen LogP) is 3.94. The van der Waals surface area contributed by atoms with E-state index in [2.05, 4.69) is 37.7 Å². The zero-order chi connectivity index (χ0) is 18.1. The monoisotopic (exact) mass is 364 g/mol. The van der Waals surface area contributed by atoms with Crippen LogP contribution in [0.4, 0.5) is 10.9 Å². The van der Waals surface area contributed by atoms with E-state index in [1.165, 1.54) is 4.70 Å². The first-order valence-electron chi connectivity index (χ1n) is 8.66. The van der Waals surface area contributed by atoms with Crippen LogP contribution in [0.3, 0.4) is 0 Å². The summed E-state index contributed by atoms with van der Waals surface area (Å²) in [6.45, 7) is 3.72. The van der Waals surface area contributed by atoms with Gasteiger partial charge in [0.15, 0.2) is 5.13 Å². The number of thiazole rings is 1. The van der Waals surface area contributed by atoms with E-state index in [0.29, 0.717) is 23.6 Å². The second-order valence-corrected chi connectivity index (χ2v) is 8.16. The van der Waals surface area contributed by atoms with Crippen molar-refractivity contribution in [2.45, 2.75) is 44.2 Å². The van der Waals surface area contributed by atoms with Gasteiger partial charge in [-0.15, -0.1) is 0 Å². The van der Waals surface area contributed by atoms with Gasteiger partial charge < -0.3 is 10.6 Å². The average molecular weight is 364 g/mol. The normalized spacial score (nSPS) is 19.6. The lowest BCUT2D eigenvalue weighted by molar-refractivity contribution is 0.395. The number of anilines is 2. The topological polar surface area (TPSA) is 86.5 Å². The van der Waals surface area contributed by atoms with Gasteiger partial charge in [-0.25, -0.2) is 9.97 Å². The van der Waals surface area contributed by atoms with E-state index >= 15 is 0 Å². The molecule has 132 valence electrons. The lowest BCUT2D eigenvalue weighted by Gasteiger charge is -2.37. The van der Waals surface area contributed by atoms with Crippen LogP contribution in [0.2, 0.25) is 0 Å². The van der Waals surface area contributed by atoms with Gasteiger partial charge in [-0.3, -0.25) is 4.98 Å². The molecule has 2 heterocycles. The molecule has 0 saturated heterocycles. The smallest absolute Gasteiger partial charge is 0.184 e. The van der Waals surface area contributed by atoms with Gasteiger partial charge in [-0.1, -0.05) is 23.5 Å². The molecule has 2 N–H and O–H groups in total. The highest BCUT2D eigenvalue weighted by molar-refractivity contribution is 7.22. The molecule has 0 spiro atoms. The Bertz CT molecular complexity index is 934. The number of hydrogen-bond acceptors (Lipinski definition) is 7. The molecule has 1 aliphatic carbocycles. The van der Waals surface area contributed by atoms with Gasteiger partial charge in [0, 0.05) is 24.5 Å². The summed E-state index contributed by atoms with van der Waals surface area (Å²) in [5.74, 6) is 0.711. The summed E-state index contributed by atoms with van der Waals surface area (Å²) in [5, 5.41) is 17.3. The first-order chi connectivity index (χ1) is 12.5. The highest BCUT2D eigenvalue weighted by Crippen LogP contribution is 2.33. The van der Waals surface area contributed by atoms with E-state index in [4.69, 9.17) is 0 Å². The molecule has 4 rings (SSSR count). The van der Waals surface area contributed by atoms with E-state index in [1.54, 1.807) is 23.7 Å². The van der Waals surface area contributed by atoms with Crippen LogP contribution >= 0.6 is 11.3 Å². The Morgan fingerprint density at radius 2 is 1.85 bits per heavy atom. The Morgan fingerprint density at radius 3 is 2.62 bits per heavy atom. The standard InChI is InChI=1S/C19H20N6S/c1-19(2,11-20)16-17(22-8-7-21-16)23-12-9-13(10-12)24-18-25-14-5-3-4-6-15(14)26-18/h3-8,12-13H,9-10H2,1-2H3,(H,22,23)(H,24,25). The molecule has 1 aromatic carbocycles. The quantitative estimate of drug-likeness (QED) is 0.713. The minimum absolute atomic E-state index is 0.326. The number of hydrogen-bond donors (Lipinski definition) is 2. The van der Waals surface area contributed by atoms with Crippen LogP contribution in [0.1, 0.15) is 32.4 Å². The van der Waals surface area contributed by atoms with Crippen LogP contribution in [0.15, 0.2) is 36.7 Å². The predicted molar refractivity (Wildman–Crippen MR) is 104 cm³/mol. The number of nitriles is 1. The average Bonchev–Trinajstić information content (AvgIpc) is 3.02. The van der Waals surface area contributed by atoms with E-state index in [1.807, 2.05) is 32.0 Å². The molecule has 1 saturated carbocycles. The van der Waals surface area contributed by atoms with E-state index in [-0.39, 0.29) is 0 Å². The summed E-state index contributed by atoms with van der Waals surface area (Å²) in [7, 11) is 0. The van der Waals surface area contributed by atoms with Crippen LogP contribution in [-0.2, 0) is 5.41 Å². The first-order valence-corrected chi connectivity index (χ1v) is 9.48. The van der Waals surface area contributed by atoms with Crippen molar-refractivity contribution >= 4 is 32.5 Å². The number of para-hydroxylation sites is 1. The van der Waals surface area contributed by atoms with Crippen LogP contribution in [0, 0.1) is 11.3 Å². The van der Waals surface area contributed by atoms with Crippen molar-refractivity contribution in [3.05, 3.63) is 42.4 Å². The van der Waals surface area contributed by atoms with Crippen LogP contribution in [0.25, 0.3) is 10.2 Å². The summed E-state index contributed by atoms with van der Waals surface area (Å²) in [4.78, 5) is 13.4. The molecule has 26 heavy (non-hydrogen) atoms. The fourth-order valence-electron chi connectivity index (χ4n) is 3.11. The number of fused-ring (bicyclic) bond motifs is 1. The fraction of sp³-hybridized carbons (Fsp3) is 0.368. The molecule has 0 atom stereocenters. The Balaban J connectivity index is 1.38. The molecule has 0 aliphatic heterocycles. The third-order valence-electron chi connectivity index (χ3n) is 4.67. The van der Waals surface area contributed by atoms with Gasteiger partial charge in [-0.05, 0) is 38.8 Å². The number of aromatic nitrogens is 3. The third-order valence-corrected chi connectivity index (χ3v) is 5.64. The van der Waals surface area contributed by atoms with E-state index in [0.717, 1.165) is 23.5 Å². The van der Waals surface area contributed by atoms with Gasteiger partial charge >= 0.3 is 0 Å². The van der Waals surface area contributed by atoms with Gasteiger partial charge in [0.25, 0.3) is 0 Å². The number of nitrogens with one attached hydrogen (secondary N) is 2. The molecule has 0 amide bonds. The number of benzene rings is 1. The van der Waals surface area contributed by atoms with Crippen molar-refractivity contribution < 1.29 is 0 Å². The lowest BCUT2D eigenvalue weighted by atomic mass is 9.86. The second-order valence-electron chi connectivity index (χ2n) is 7.13. The maximum absolute atomic E-state index is 9.38. The fourth-order valence-corrected chi connectivity index (χ4v) is 4.05. The summed E-state index contributed by atoms with van der Waals surface area (Å²) < 4.78 is 1.20. The van der Waals surface area contributed by atoms with Crippen LogP contribution < -0.4 is 10.6 Å². The lowest BCUT2D eigenvalue weighted by Crippen LogP contribution is -2.44. The number of nitrogens with zero attached hydrogens (tertiary/aromatic N) is 4. The maximum Gasteiger partial charge on any atom is 0.184 e. The van der Waals surface area contributed by atoms with Crippen molar-refractivity contribution in [3.63, 3.8) is 0 Å². The van der Waals surface area contributed by atoms with Crippen molar-refractivity contribution in [3.8, 4) is 6.07 Å². The Hall–Kier alpha value is -2.72. The molecule has 0 unspecified atom stereocenters. The minimum Gasteiger partial charge on any atom is -0.366 e. The zero-order valence-corrected chi connectivity index (χ0v) is 15.5. The van der Waals surface area contributed by atoms with Crippen molar-refractivity contribution in [2.75, 3.05) is 10.6 Å². The van der Waals surface area contributed by atoms with Crippen molar-refractivity contribution in [1.29, 1.82) is 5.26 Å².